The molecule has 3 aromatic rings. The number of carbonyl (C=O) groups excluding carboxylic acids is 2. The van der Waals surface area contributed by atoms with E-state index in [4.69, 9.17) is 32.7 Å². The van der Waals surface area contributed by atoms with E-state index in [9.17, 15) is 14.9 Å². The normalized spacial score (nSPS) is 14.8. The van der Waals surface area contributed by atoms with E-state index in [0.717, 1.165) is 32.6 Å². The van der Waals surface area contributed by atoms with Crippen LogP contribution in [-0.2, 0) is 6.54 Å². The molecule has 0 unspecified atom stereocenters. The summed E-state index contributed by atoms with van der Waals surface area (Å²) in [6.07, 6.45) is 5.19. The zero-order chi connectivity index (χ0) is 30.2. The van der Waals surface area contributed by atoms with Crippen LogP contribution in [0.15, 0.2) is 30.7 Å². The molecule has 1 aliphatic heterocycles. The first-order valence-corrected chi connectivity index (χ1v) is 13.9. The third-order valence-corrected chi connectivity index (χ3v) is 7.30. The van der Waals surface area contributed by atoms with Gasteiger partial charge in [0.1, 0.15) is 35.0 Å². The first kappa shape index (κ1) is 30.9. The van der Waals surface area contributed by atoms with Gasteiger partial charge >= 0.3 is 6.03 Å². The Morgan fingerprint density at radius 2 is 1.90 bits per heavy atom. The molecule has 4 rings (SSSR count). The minimum absolute atomic E-state index is 0.0668. The Labute approximate surface area is 253 Å². The third kappa shape index (κ3) is 7.63. The minimum atomic E-state index is -0.697. The van der Waals surface area contributed by atoms with Crippen LogP contribution in [0, 0.1) is 11.3 Å². The van der Waals surface area contributed by atoms with Gasteiger partial charge in [0.05, 0.1) is 23.4 Å². The van der Waals surface area contributed by atoms with Crippen molar-refractivity contribution in [1.82, 2.24) is 24.8 Å². The number of methoxy groups -OCH3 is 1. The number of hydrogen-bond donors (Lipinski definition) is 2. The largest absolute Gasteiger partial charge is 0.493 e. The maximum Gasteiger partial charge on any atom is 0.326 e. The number of nitriles is 1. The molecule has 2 amide bonds. The van der Waals surface area contributed by atoms with Crippen LogP contribution in [0.3, 0.4) is 0 Å². The number of halogens is 2. The number of nitrogens with zero attached hydrogens (tertiary/aromatic N) is 6. The summed E-state index contributed by atoms with van der Waals surface area (Å²) in [7, 11) is 3.55. The summed E-state index contributed by atoms with van der Waals surface area (Å²) in [5.41, 5.74) is 1.55. The first-order valence-electron chi connectivity index (χ1n) is 13.1. The summed E-state index contributed by atoms with van der Waals surface area (Å²) >= 11 is 12.5. The molecule has 0 aromatic carbocycles. The maximum absolute atomic E-state index is 12.9. The molecule has 3 aromatic heterocycles. The number of likely N-dealkylation sites (N-methyl/N-ethyl adjacent to an activating group) is 1. The van der Waals surface area contributed by atoms with Gasteiger partial charge in [-0.15, -0.1) is 0 Å². The van der Waals surface area contributed by atoms with E-state index in [1.807, 2.05) is 6.07 Å². The average Bonchev–Trinajstić information content (AvgIpc) is 3.17. The van der Waals surface area contributed by atoms with Crippen molar-refractivity contribution in [2.45, 2.75) is 26.0 Å². The number of aldehydes is 1. The highest BCUT2D eigenvalue weighted by molar-refractivity contribution is 6.35. The number of hydrogen-bond acceptors (Lipinski definition) is 10. The number of anilines is 2. The van der Waals surface area contributed by atoms with Crippen molar-refractivity contribution < 1.29 is 19.1 Å². The topological polar surface area (TPSA) is 146 Å². The van der Waals surface area contributed by atoms with Gasteiger partial charge in [-0.05, 0) is 45.1 Å². The quantitative estimate of drug-likeness (QED) is 0.323. The van der Waals surface area contributed by atoms with Gasteiger partial charge in [0, 0.05) is 43.7 Å². The van der Waals surface area contributed by atoms with Crippen molar-refractivity contribution in [3.05, 3.63) is 63.2 Å². The summed E-state index contributed by atoms with van der Waals surface area (Å²) < 4.78 is 11.4. The fraction of sp³-hybridized carbons (Fsp3) is 0.357. The van der Waals surface area contributed by atoms with E-state index in [-0.39, 0.29) is 28.6 Å². The zero-order valence-electron chi connectivity index (χ0n) is 23.4. The Hall–Kier alpha value is -4.02. The molecule has 0 radical (unpaired) electrons. The molecule has 4 heterocycles. The van der Waals surface area contributed by atoms with Gasteiger partial charge in [-0.25, -0.2) is 14.8 Å². The summed E-state index contributed by atoms with van der Waals surface area (Å²) in [6, 6.07) is 4.43. The molecule has 0 saturated carbocycles. The average molecular weight is 614 g/mol. The first-order chi connectivity index (χ1) is 20.2. The second kappa shape index (κ2) is 14.2. The van der Waals surface area contributed by atoms with Gasteiger partial charge in [0.15, 0.2) is 17.9 Å². The number of rotatable bonds is 9. The van der Waals surface area contributed by atoms with Crippen molar-refractivity contribution in [3.8, 4) is 17.6 Å². The van der Waals surface area contributed by atoms with Gasteiger partial charge in [0.2, 0.25) is 0 Å². The van der Waals surface area contributed by atoms with Crippen LogP contribution in [0.1, 0.15) is 46.6 Å². The SMILES string of the molecule is COc1cc(CN2CCCN(C)CC2)c(C=O)nc1NC(=O)Nc1cc(O[C@H](C)c2c(Cl)cncc2Cl)c(C#N)cn1. The predicted molar refractivity (Wildman–Crippen MR) is 158 cm³/mol. The van der Waals surface area contributed by atoms with Crippen LogP contribution in [-0.4, -0.2) is 77.4 Å². The van der Waals surface area contributed by atoms with Crippen molar-refractivity contribution in [3.63, 3.8) is 0 Å². The van der Waals surface area contributed by atoms with E-state index >= 15 is 0 Å². The lowest BCUT2D eigenvalue weighted by molar-refractivity contribution is 0.111. The van der Waals surface area contributed by atoms with Gasteiger partial charge in [-0.2, -0.15) is 5.26 Å². The van der Waals surface area contributed by atoms with Crippen LogP contribution >= 0.6 is 23.2 Å². The van der Waals surface area contributed by atoms with Crippen LogP contribution in [0.4, 0.5) is 16.4 Å². The molecular formula is C28H30Cl2N8O4. The lowest BCUT2D eigenvalue weighted by atomic mass is 10.1. The van der Waals surface area contributed by atoms with Crippen molar-refractivity contribution in [1.29, 1.82) is 5.26 Å². The summed E-state index contributed by atoms with van der Waals surface area (Å²) in [4.78, 5) is 41.8. The monoisotopic (exact) mass is 612 g/mol. The molecule has 0 spiro atoms. The Morgan fingerprint density at radius 3 is 2.60 bits per heavy atom. The Morgan fingerprint density at radius 1 is 1.14 bits per heavy atom. The third-order valence-electron chi connectivity index (χ3n) is 6.70. The van der Waals surface area contributed by atoms with Gasteiger partial charge in [-0.3, -0.25) is 25.3 Å². The number of ether oxygens (including phenoxy) is 2. The van der Waals surface area contributed by atoms with E-state index in [1.54, 1.807) is 13.0 Å². The molecule has 14 heteroatoms. The highest BCUT2D eigenvalue weighted by atomic mass is 35.5. The summed E-state index contributed by atoms with van der Waals surface area (Å²) in [5, 5.41) is 15.4. The highest BCUT2D eigenvalue weighted by Crippen LogP contribution is 2.34. The van der Waals surface area contributed by atoms with Crippen LogP contribution in [0.2, 0.25) is 10.0 Å². The maximum atomic E-state index is 12.9. The number of aromatic nitrogens is 3. The smallest absolute Gasteiger partial charge is 0.326 e. The van der Waals surface area contributed by atoms with Crippen molar-refractivity contribution >= 4 is 47.2 Å². The highest BCUT2D eigenvalue weighted by Gasteiger charge is 2.21. The van der Waals surface area contributed by atoms with Crippen LogP contribution in [0.25, 0.3) is 0 Å². The van der Waals surface area contributed by atoms with Gasteiger partial charge < -0.3 is 14.4 Å². The number of pyridine rings is 3. The van der Waals surface area contributed by atoms with E-state index in [0.29, 0.717) is 39.8 Å². The standard InChI is InChI=1S/C28H30Cl2N8O4/c1-17(26-20(29)13-32-14-21(26)30)42-23-10-25(33-12-19(23)11-31)35-28(40)36-27-24(41-3)9-18(22(16-39)34-27)15-38-6-4-5-37(2)7-8-38/h9-10,12-14,16-17H,4-8,15H2,1-3H3,(H2,33,34,35,36,40)/t17-/m1/s1. The molecule has 1 atom stereocenters. The van der Waals surface area contributed by atoms with E-state index in [2.05, 4.69) is 42.4 Å². The molecule has 0 aliphatic carbocycles. The van der Waals surface area contributed by atoms with Gasteiger partial charge in [0.25, 0.3) is 0 Å². The number of amides is 2. The molecule has 12 nitrogen and oxygen atoms in total. The lowest BCUT2D eigenvalue weighted by Crippen LogP contribution is -2.29. The molecular weight excluding hydrogens is 583 g/mol. The fourth-order valence-electron chi connectivity index (χ4n) is 4.52. The lowest BCUT2D eigenvalue weighted by Gasteiger charge is -2.21. The molecule has 220 valence electrons. The molecule has 1 saturated heterocycles. The number of urea groups is 1. The second-order valence-corrected chi connectivity index (χ2v) is 10.5. The van der Waals surface area contributed by atoms with E-state index in [1.165, 1.54) is 31.8 Å². The summed E-state index contributed by atoms with van der Waals surface area (Å²) in [5.74, 6) is 0.617. The van der Waals surface area contributed by atoms with Crippen molar-refractivity contribution in [2.75, 3.05) is 51.0 Å². The Bertz CT molecular complexity index is 1480. The fourth-order valence-corrected chi connectivity index (χ4v) is 5.19. The van der Waals surface area contributed by atoms with Crippen molar-refractivity contribution in [2.24, 2.45) is 0 Å². The van der Waals surface area contributed by atoms with E-state index < -0.39 is 12.1 Å². The number of carbonyl (C=O) groups is 2. The number of nitrogens with one attached hydrogen (secondary N) is 2. The Balaban J connectivity index is 1.49. The Kier molecular flexibility index (Phi) is 10.5. The molecule has 1 fully saturated rings. The zero-order valence-corrected chi connectivity index (χ0v) is 24.9. The molecule has 0 bridgehead atoms. The van der Waals surface area contributed by atoms with Crippen LogP contribution in [0.5, 0.6) is 11.5 Å². The second-order valence-electron chi connectivity index (χ2n) is 9.67. The molecule has 2 N–H and O–H groups in total. The minimum Gasteiger partial charge on any atom is -0.493 e. The van der Waals surface area contributed by atoms with Gasteiger partial charge in [-0.1, -0.05) is 23.2 Å². The predicted octanol–water partition coefficient (Wildman–Crippen LogP) is 4.79. The molecule has 1 aliphatic rings. The molecule has 42 heavy (non-hydrogen) atoms. The summed E-state index contributed by atoms with van der Waals surface area (Å²) in [6.45, 7) is 5.96. The van der Waals surface area contributed by atoms with Crippen LogP contribution < -0.4 is 20.1 Å².